The van der Waals surface area contributed by atoms with Gasteiger partial charge in [0.25, 0.3) is 0 Å². The largest absolute Gasteiger partial charge is 0.346 e. The van der Waals surface area contributed by atoms with Crippen LogP contribution in [0.3, 0.4) is 0 Å². The van der Waals surface area contributed by atoms with Crippen molar-refractivity contribution in [2.24, 2.45) is 0 Å². The quantitative estimate of drug-likeness (QED) is 0.922. The van der Waals surface area contributed by atoms with E-state index < -0.39 is 0 Å². The summed E-state index contributed by atoms with van der Waals surface area (Å²) in [5.74, 6) is 1.88. The Morgan fingerprint density at radius 3 is 2.83 bits per heavy atom. The Morgan fingerprint density at radius 2 is 2.11 bits per heavy atom. The van der Waals surface area contributed by atoms with E-state index in [-0.39, 0.29) is 0 Å². The van der Waals surface area contributed by atoms with Crippen LogP contribution in [0.5, 0.6) is 0 Å². The first-order valence-electron chi connectivity index (χ1n) is 6.24. The third-order valence-electron chi connectivity index (χ3n) is 3.31. The molecule has 18 heavy (non-hydrogen) atoms. The van der Waals surface area contributed by atoms with Crippen LogP contribution in [-0.4, -0.2) is 23.2 Å². The van der Waals surface area contributed by atoms with Crippen LogP contribution in [0.15, 0.2) is 33.3 Å². The topological polar surface area (TPSA) is 55.5 Å². The van der Waals surface area contributed by atoms with E-state index in [0.717, 1.165) is 28.9 Å². The van der Waals surface area contributed by atoms with Crippen LogP contribution in [-0.2, 0) is 0 Å². The van der Waals surface area contributed by atoms with Crippen LogP contribution in [0.4, 0.5) is 0 Å². The lowest BCUT2D eigenvalue weighted by atomic mass is 10.00. The number of aromatic nitrogens is 2. The van der Waals surface area contributed by atoms with Gasteiger partial charge in [-0.15, -0.1) is 0 Å². The van der Waals surface area contributed by atoms with E-state index in [9.17, 15) is 0 Å². The molecule has 5 heteroatoms. The molecule has 0 aliphatic carbocycles. The number of rotatable bonds is 2. The Morgan fingerprint density at radius 1 is 1.28 bits per heavy atom. The van der Waals surface area contributed by atoms with Gasteiger partial charge in [0.1, 0.15) is 0 Å². The van der Waals surface area contributed by atoms with Crippen molar-refractivity contribution >= 4 is 15.9 Å². The van der Waals surface area contributed by atoms with Gasteiger partial charge in [0, 0.05) is 10.0 Å². The SMILES string of the molecule is Brc1ccc(-c2noc([C@@H]3CCC[NH2+]C3)n2)cc1. The second-order valence-electron chi connectivity index (χ2n) is 4.62. The van der Waals surface area contributed by atoms with Crippen molar-refractivity contribution < 1.29 is 9.84 Å². The minimum absolute atomic E-state index is 0.412. The van der Waals surface area contributed by atoms with Gasteiger partial charge >= 0.3 is 0 Å². The molecular weight excluding hydrogens is 294 g/mol. The molecule has 0 amide bonds. The predicted molar refractivity (Wildman–Crippen MR) is 71.1 cm³/mol. The third-order valence-corrected chi connectivity index (χ3v) is 3.83. The molecule has 2 N–H and O–H groups in total. The van der Waals surface area contributed by atoms with Gasteiger partial charge in [0.15, 0.2) is 0 Å². The minimum Gasteiger partial charge on any atom is -0.346 e. The summed E-state index contributed by atoms with van der Waals surface area (Å²) >= 11 is 3.42. The molecule has 1 fully saturated rings. The van der Waals surface area contributed by atoms with Gasteiger partial charge in [-0.05, 0) is 37.1 Å². The highest BCUT2D eigenvalue weighted by atomic mass is 79.9. The number of halogens is 1. The zero-order valence-corrected chi connectivity index (χ0v) is 11.6. The first-order chi connectivity index (χ1) is 8.83. The summed E-state index contributed by atoms with van der Waals surface area (Å²) in [5, 5.41) is 6.39. The molecule has 1 atom stereocenters. The average Bonchev–Trinajstić information content (AvgIpc) is 2.90. The summed E-state index contributed by atoms with van der Waals surface area (Å²) in [6.07, 6.45) is 2.37. The van der Waals surface area contributed by atoms with Gasteiger partial charge in [-0.2, -0.15) is 4.98 Å². The average molecular weight is 309 g/mol. The van der Waals surface area contributed by atoms with Gasteiger partial charge in [-0.1, -0.05) is 21.1 Å². The maximum atomic E-state index is 5.40. The van der Waals surface area contributed by atoms with Crippen LogP contribution in [0.25, 0.3) is 11.4 Å². The molecule has 1 aromatic carbocycles. The fraction of sp³-hybridized carbons (Fsp3) is 0.385. The van der Waals surface area contributed by atoms with E-state index in [2.05, 4.69) is 31.4 Å². The molecule has 1 aliphatic heterocycles. The number of hydrogen-bond acceptors (Lipinski definition) is 3. The van der Waals surface area contributed by atoms with E-state index in [1.807, 2.05) is 24.3 Å². The van der Waals surface area contributed by atoms with Crippen LogP contribution >= 0.6 is 15.9 Å². The van der Waals surface area contributed by atoms with E-state index in [1.54, 1.807) is 0 Å². The highest BCUT2D eigenvalue weighted by Crippen LogP contribution is 2.24. The number of benzene rings is 1. The number of piperidine rings is 1. The van der Waals surface area contributed by atoms with Crippen molar-refractivity contribution in [3.63, 3.8) is 0 Å². The maximum Gasteiger partial charge on any atom is 0.235 e. The lowest BCUT2D eigenvalue weighted by molar-refractivity contribution is -0.665. The van der Waals surface area contributed by atoms with E-state index >= 15 is 0 Å². The Balaban J connectivity index is 1.82. The number of nitrogens with zero attached hydrogens (tertiary/aromatic N) is 2. The molecule has 2 aromatic rings. The standard InChI is InChI=1S/C13H14BrN3O/c14-11-5-3-9(4-6-11)12-16-13(18-17-12)10-2-1-7-15-8-10/h3-6,10,15H,1-2,7-8H2/p+1/t10-/m1/s1. The molecule has 0 radical (unpaired) electrons. The molecule has 94 valence electrons. The highest BCUT2D eigenvalue weighted by molar-refractivity contribution is 9.10. The summed E-state index contributed by atoms with van der Waals surface area (Å²) in [4.78, 5) is 4.52. The van der Waals surface area contributed by atoms with Crippen molar-refractivity contribution in [2.45, 2.75) is 18.8 Å². The molecule has 0 spiro atoms. The van der Waals surface area contributed by atoms with Gasteiger partial charge < -0.3 is 9.84 Å². The first kappa shape index (κ1) is 11.9. The summed E-state index contributed by atoms with van der Waals surface area (Å²) in [5.41, 5.74) is 0.994. The van der Waals surface area contributed by atoms with Crippen molar-refractivity contribution in [1.82, 2.24) is 10.1 Å². The van der Waals surface area contributed by atoms with Crippen molar-refractivity contribution in [3.05, 3.63) is 34.6 Å². The third kappa shape index (κ3) is 2.47. The summed E-state index contributed by atoms with van der Waals surface area (Å²) in [7, 11) is 0. The normalized spacial score (nSPS) is 19.9. The van der Waals surface area contributed by atoms with Gasteiger partial charge in [0.05, 0.1) is 19.0 Å². The molecule has 3 rings (SSSR count). The number of nitrogens with two attached hydrogens (primary N) is 1. The van der Waals surface area contributed by atoms with Gasteiger partial charge in [0.2, 0.25) is 11.7 Å². The van der Waals surface area contributed by atoms with Crippen LogP contribution in [0, 0.1) is 0 Å². The molecule has 0 saturated carbocycles. The van der Waals surface area contributed by atoms with E-state index in [1.165, 1.54) is 13.0 Å². The summed E-state index contributed by atoms with van der Waals surface area (Å²) in [6, 6.07) is 7.96. The molecule has 1 aromatic heterocycles. The minimum atomic E-state index is 0.412. The molecule has 1 saturated heterocycles. The Hall–Kier alpha value is -1.20. The van der Waals surface area contributed by atoms with Gasteiger partial charge in [-0.25, -0.2) is 0 Å². The lowest BCUT2D eigenvalue weighted by Crippen LogP contribution is -2.86. The van der Waals surface area contributed by atoms with Crippen LogP contribution in [0.2, 0.25) is 0 Å². The second-order valence-corrected chi connectivity index (χ2v) is 5.53. The van der Waals surface area contributed by atoms with Crippen molar-refractivity contribution in [1.29, 1.82) is 0 Å². The highest BCUT2D eigenvalue weighted by Gasteiger charge is 2.23. The Labute approximate surface area is 114 Å². The van der Waals surface area contributed by atoms with Crippen LogP contribution in [0.1, 0.15) is 24.7 Å². The van der Waals surface area contributed by atoms with Crippen molar-refractivity contribution in [2.75, 3.05) is 13.1 Å². The first-order valence-corrected chi connectivity index (χ1v) is 7.03. The fourth-order valence-electron chi connectivity index (χ4n) is 2.29. The lowest BCUT2D eigenvalue weighted by Gasteiger charge is -2.15. The maximum absolute atomic E-state index is 5.40. The molecule has 2 heterocycles. The monoisotopic (exact) mass is 308 g/mol. The number of hydrogen-bond donors (Lipinski definition) is 1. The van der Waals surface area contributed by atoms with E-state index in [4.69, 9.17) is 4.52 Å². The molecule has 1 aliphatic rings. The number of quaternary nitrogens is 1. The molecular formula is C13H15BrN3O+. The summed E-state index contributed by atoms with van der Waals surface area (Å²) < 4.78 is 6.45. The van der Waals surface area contributed by atoms with Crippen LogP contribution < -0.4 is 5.32 Å². The fourth-order valence-corrected chi connectivity index (χ4v) is 2.55. The summed E-state index contributed by atoms with van der Waals surface area (Å²) in [6.45, 7) is 2.27. The Bertz CT molecular complexity index is 517. The van der Waals surface area contributed by atoms with Gasteiger partial charge in [-0.3, -0.25) is 0 Å². The van der Waals surface area contributed by atoms with E-state index in [0.29, 0.717) is 11.7 Å². The zero-order valence-electron chi connectivity index (χ0n) is 9.97. The molecule has 0 bridgehead atoms. The second kappa shape index (κ2) is 5.20. The smallest absolute Gasteiger partial charge is 0.235 e. The van der Waals surface area contributed by atoms with Crippen molar-refractivity contribution in [3.8, 4) is 11.4 Å². The molecule has 0 unspecified atom stereocenters. The molecule has 4 nitrogen and oxygen atoms in total. The zero-order chi connectivity index (χ0) is 12.4. The predicted octanol–water partition coefficient (Wildman–Crippen LogP) is 1.94. The Kier molecular flexibility index (Phi) is 3.43.